The van der Waals surface area contributed by atoms with E-state index in [1.165, 1.54) is 22.5 Å². The smallest absolute Gasteiger partial charge is 0.339 e. The number of benzene rings is 1. The van der Waals surface area contributed by atoms with Gasteiger partial charge in [-0.25, -0.2) is 22.2 Å². The van der Waals surface area contributed by atoms with E-state index in [1.807, 2.05) is 20.8 Å². The van der Waals surface area contributed by atoms with Gasteiger partial charge >= 0.3 is 5.97 Å². The summed E-state index contributed by atoms with van der Waals surface area (Å²) in [6.07, 6.45) is 3.26. The summed E-state index contributed by atoms with van der Waals surface area (Å²) in [6, 6.07) is 5.66. The van der Waals surface area contributed by atoms with Gasteiger partial charge in [0.15, 0.2) is 0 Å². The van der Waals surface area contributed by atoms with Crippen molar-refractivity contribution in [3.8, 4) is 5.75 Å². The number of nitrogens with zero attached hydrogens (tertiary/aromatic N) is 3. The maximum atomic E-state index is 13.6. The number of aromatic nitrogens is 2. The highest BCUT2D eigenvalue weighted by Gasteiger charge is 2.30. The zero-order valence-electron chi connectivity index (χ0n) is 18.7. The number of hydrogen-bond donors (Lipinski definition) is 1. The summed E-state index contributed by atoms with van der Waals surface area (Å²) in [4.78, 5) is 11.8. The first-order valence-corrected chi connectivity index (χ1v) is 12.3. The van der Waals surface area contributed by atoms with E-state index in [9.17, 15) is 18.3 Å². The number of aryl methyl sites for hydroxylation is 1. The van der Waals surface area contributed by atoms with Crippen LogP contribution >= 0.6 is 0 Å². The van der Waals surface area contributed by atoms with Crippen LogP contribution in [0.25, 0.3) is 0 Å². The largest absolute Gasteiger partial charge is 0.492 e. The van der Waals surface area contributed by atoms with Crippen LogP contribution in [0.5, 0.6) is 5.75 Å². The molecule has 0 aliphatic carbocycles. The molecule has 1 aromatic heterocycles. The second-order valence-corrected chi connectivity index (χ2v) is 10.1. The molecule has 0 unspecified atom stereocenters. The van der Waals surface area contributed by atoms with Crippen LogP contribution in [0, 0.1) is 11.8 Å². The van der Waals surface area contributed by atoms with Crippen LogP contribution in [0.4, 0.5) is 5.82 Å². The van der Waals surface area contributed by atoms with E-state index in [1.54, 1.807) is 16.9 Å². The molecule has 1 fully saturated rings. The Morgan fingerprint density at radius 3 is 2.66 bits per heavy atom. The van der Waals surface area contributed by atoms with E-state index < -0.39 is 16.0 Å². The Morgan fingerprint density at radius 2 is 2.03 bits per heavy atom. The number of carboxylic acid groups (broad SMARTS) is 1. The average Bonchev–Trinajstić information content (AvgIpc) is 3.24. The number of anilines is 1. The third kappa shape index (κ3) is 5.42. The zero-order valence-corrected chi connectivity index (χ0v) is 19.5. The Kier molecular flexibility index (Phi) is 7.78. The van der Waals surface area contributed by atoms with Gasteiger partial charge in [-0.1, -0.05) is 13.8 Å². The standard InChI is InChI=1S/C22H31N3O6S/c1-4-24-21(7-10-23-24)25(14-16(2)3)32(28,29)18-5-6-20(19(13-18)22(26)27)31-15-17-8-11-30-12-9-17/h5-7,10,13,16-17H,4,8-9,11-12,14-15H2,1-3H3,(H,26,27). The molecular formula is C22H31N3O6S. The predicted molar refractivity (Wildman–Crippen MR) is 120 cm³/mol. The van der Waals surface area contributed by atoms with E-state index in [0.29, 0.717) is 32.2 Å². The summed E-state index contributed by atoms with van der Waals surface area (Å²) < 4.78 is 41.1. The van der Waals surface area contributed by atoms with E-state index >= 15 is 0 Å². The quantitative estimate of drug-likeness (QED) is 0.573. The molecule has 1 N–H and O–H groups in total. The van der Waals surface area contributed by atoms with E-state index in [0.717, 1.165) is 12.8 Å². The summed E-state index contributed by atoms with van der Waals surface area (Å²) in [7, 11) is -4.02. The molecule has 2 aromatic rings. The van der Waals surface area contributed by atoms with Crippen molar-refractivity contribution < 1.29 is 27.8 Å². The van der Waals surface area contributed by atoms with Crippen molar-refractivity contribution in [3.63, 3.8) is 0 Å². The Morgan fingerprint density at radius 1 is 1.31 bits per heavy atom. The number of hydrogen-bond acceptors (Lipinski definition) is 6. The van der Waals surface area contributed by atoms with Crippen molar-refractivity contribution in [2.24, 2.45) is 11.8 Å². The predicted octanol–water partition coefficient (Wildman–Crippen LogP) is 3.26. The molecule has 32 heavy (non-hydrogen) atoms. The summed E-state index contributed by atoms with van der Waals surface area (Å²) in [6.45, 7) is 8.16. The summed E-state index contributed by atoms with van der Waals surface area (Å²) >= 11 is 0. The van der Waals surface area contributed by atoms with Crippen LogP contribution in [-0.2, 0) is 21.3 Å². The number of carboxylic acids is 1. The van der Waals surface area contributed by atoms with Crippen LogP contribution in [0.2, 0.25) is 0 Å². The first kappa shape index (κ1) is 24.1. The lowest BCUT2D eigenvalue weighted by Crippen LogP contribution is -2.36. The maximum Gasteiger partial charge on any atom is 0.339 e. The van der Waals surface area contributed by atoms with Gasteiger partial charge in [-0.3, -0.25) is 0 Å². The van der Waals surface area contributed by atoms with E-state index in [4.69, 9.17) is 9.47 Å². The molecule has 3 rings (SSSR count). The molecule has 1 saturated heterocycles. The van der Waals surface area contributed by atoms with Crippen LogP contribution in [-0.4, -0.2) is 55.6 Å². The maximum absolute atomic E-state index is 13.6. The highest BCUT2D eigenvalue weighted by atomic mass is 32.2. The summed E-state index contributed by atoms with van der Waals surface area (Å²) in [5.41, 5.74) is -0.174. The number of aromatic carboxylic acids is 1. The number of ether oxygens (including phenoxy) is 2. The summed E-state index contributed by atoms with van der Waals surface area (Å²) in [5.74, 6) is -0.302. The van der Waals surface area contributed by atoms with Gasteiger partial charge in [0.05, 0.1) is 17.7 Å². The first-order valence-electron chi connectivity index (χ1n) is 10.9. The monoisotopic (exact) mass is 465 g/mol. The van der Waals surface area contributed by atoms with Gasteiger partial charge in [0.2, 0.25) is 0 Å². The first-order chi connectivity index (χ1) is 15.2. The lowest BCUT2D eigenvalue weighted by molar-refractivity contribution is 0.0490. The lowest BCUT2D eigenvalue weighted by atomic mass is 10.0. The van der Waals surface area contributed by atoms with Crippen molar-refractivity contribution >= 4 is 21.8 Å². The topological polar surface area (TPSA) is 111 Å². The van der Waals surface area contributed by atoms with Crippen LogP contribution in [0.3, 0.4) is 0 Å². The Bertz CT molecular complexity index is 1030. The fraction of sp³-hybridized carbons (Fsp3) is 0.545. The van der Waals surface area contributed by atoms with Gasteiger partial charge in [-0.15, -0.1) is 0 Å². The Labute approximate surface area is 189 Å². The second-order valence-electron chi connectivity index (χ2n) is 8.27. The van der Waals surface area contributed by atoms with Crippen molar-refractivity contribution in [1.29, 1.82) is 0 Å². The molecule has 9 nitrogen and oxygen atoms in total. The minimum atomic E-state index is -4.02. The molecule has 1 aromatic carbocycles. The minimum Gasteiger partial charge on any atom is -0.492 e. The Balaban J connectivity index is 1.93. The van der Waals surface area contributed by atoms with Crippen molar-refractivity contribution in [1.82, 2.24) is 9.78 Å². The van der Waals surface area contributed by atoms with Crippen LogP contribution in [0.1, 0.15) is 44.0 Å². The molecule has 1 aliphatic heterocycles. The number of rotatable bonds is 10. The molecule has 0 atom stereocenters. The molecule has 1 aliphatic rings. The van der Waals surface area contributed by atoms with Gasteiger partial charge in [0.1, 0.15) is 17.1 Å². The third-order valence-electron chi connectivity index (χ3n) is 5.36. The molecule has 0 spiro atoms. The van der Waals surface area contributed by atoms with Crippen molar-refractivity contribution in [2.75, 3.05) is 30.7 Å². The second kappa shape index (κ2) is 10.4. The average molecular weight is 466 g/mol. The fourth-order valence-electron chi connectivity index (χ4n) is 3.64. The van der Waals surface area contributed by atoms with E-state index in [2.05, 4.69) is 5.10 Å². The third-order valence-corrected chi connectivity index (χ3v) is 7.13. The molecule has 0 bridgehead atoms. The normalized spacial score (nSPS) is 15.1. The number of carbonyl (C=O) groups is 1. The molecule has 10 heteroatoms. The summed E-state index contributed by atoms with van der Waals surface area (Å²) in [5, 5.41) is 13.9. The Hall–Kier alpha value is -2.59. The molecular weight excluding hydrogens is 434 g/mol. The fourth-order valence-corrected chi connectivity index (χ4v) is 5.30. The van der Waals surface area contributed by atoms with Gasteiger partial charge in [0.25, 0.3) is 10.0 Å². The molecule has 0 radical (unpaired) electrons. The lowest BCUT2D eigenvalue weighted by Gasteiger charge is -2.27. The van der Waals surface area contributed by atoms with Crippen LogP contribution < -0.4 is 9.04 Å². The molecule has 0 saturated carbocycles. The highest BCUT2D eigenvalue weighted by Crippen LogP contribution is 2.29. The molecule has 2 heterocycles. The van der Waals surface area contributed by atoms with Crippen molar-refractivity contribution in [3.05, 3.63) is 36.0 Å². The van der Waals surface area contributed by atoms with Gasteiger partial charge in [0, 0.05) is 32.4 Å². The van der Waals surface area contributed by atoms with Gasteiger partial charge in [-0.05, 0) is 49.8 Å². The SMILES string of the molecule is CCn1nccc1N(CC(C)C)S(=O)(=O)c1ccc(OCC2CCOCC2)c(C(=O)O)c1. The molecule has 176 valence electrons. The van der Waals surface area contributed by atoms with Gasteiger partial charge < -0.3 is 14.6 Å². The molecule has 0 amide bonds. The highest BCUT2D eigenvalue weighted by molar-refractivity contribution is 7.92. The van der Waals surface area contributed by atoms with Gasteiger partial charge in [-0.2, -0.15) is 5.10 Å². The number of sulfonamides is 1. The van der Waals surface area contributed by atoms with E-state index in [-0.39, 0.29) is 34.6 Å². The van der Waals surface area contributed by atoms with Crippen molar-refractivity contribution in [2.45, 2.75) is 45.1 Å². The van der Waals surface area contributed by atoms with Crippen LogP contribution in [0.15, 0.2) is 35.4 Å². The zero-order chi connectivity index (χ0) is 23.3. The minimum absolute atomic E-state index is 0.0472.